The summed E-state index contributed by atoms with van der Waals surface area (Å²) in [6, 6.07) is 9.25. The molecule has 0 saturated carbocycles. The van der Waals surface area contributed by atoms with Crippen molar-refractivity contribution in [2.75, 3.05) is 0 Å². The normalized spacial score (nSPS) is 15.2. The minimum atomic E-state index is -2.22. The molecule has 0 spiro atoms. The first kappa shape index (κ1) is 10.9. The van der Waals surface area contributed by atoms with Crippen molar-refractivity contribution in [1.29, 1.82) is 0 Å². The van der Waals surface area contributed by atoms with E-state index < -0.39 is 54.9 Å². The van der Waals surface area contributed by atoms with Gasteiger partial charge in [-0.05, 0) is 29.7 Å². The Morgan fingerprint density at radius 2 is 1.59 bits per heavy atom. The average molecular weight is 384 g/mol. The summed E-state index contributed by atoms with van der Waals surface area (Å²) in [5.74, 6) is 0. The van der Waals surface area contributed by atoms with E-state index in [1.165, 1.54) is 4.57 Å². The van der Waals surface area contributed by atoms with Crippen LogP contribution in [0.15, 0.2) is 89.2 Å². The third-order valence-electron chi connectivity index (χ3n) is 5.06. The molecule has 0 atom stereocenters. The van der Waals surface area contributed by atoms with E-state index in [1.54, 1.807) is 18.2 Å². The van der Waals surface area contributed by atoms with Crippen LogP contribution in [0.2, 0.25) is 0 Å². The Hall–Kier alpha value is -3.54. The highest BCUT2D eigenvalue weighted by atomic mass is 16.4. The molecule has 2 aromatic heterocycles. The second kappa shape index (κ2) is 5.98. The maximum Gasteiger partial charge on any atom is 0.488 e. The minimum Gasteiger partial charge on any atom is -0.454 e. The van der Waals surface area contributed by atoms with E-state index in [9.17, 15) is 10.0 Å². The lowest BCUT2D eigenvalue weighted by molar-refractivity contribution is 0.426. The number of benzene rings is 4. The maximum atomic E-state index is 9.87. The lowest BCUT2D eigenvalue weighted by Crippen LogP contribution is -2.29. The van der Waals surface area contributed by atoms with Gasteiger partial charge in [0.05, 0.1) is 26.3 Å². The topological polar surface area (TPSA) is 58.5 Å². The predicted octanol–water partition coefficient (Wildman–Crippen LogP) is 4.36. The van der Waals surface area contributed by atoms with Crippen LogP contribution in [-0.2, 0) is 0 Å². The second-order valence-corrected chi connectivity index (χ2v) is 6.70. The van der Waals surface area contributed by atoms with E-state index in [0.717, 1.165) is 10.8 Å². The van der Waals surface area contributed by atoms with E-state index in [4.69, 9.17) is 14.0 Å². The van der Waals surface area contributed by atoms with Crippen LogP contribution in [0.25, 0.3) is 49.4 Å². The Morgan fingerprint density at radius 1 is 0.793 bits per heavy atom. The highest BCUT2D eigenvalue weighted by Gasteiger charge is 2.19. The lowest BCUT2D eigenvalue weighted by atomic mass is 9.80. The fraction of sp³-hybridized carbons (Fsp3) is 0. The van der Waals surface area contributed by atoms with Gasteiger partial charge in [-0.25, -0.2) is 0 Å². The van der Waals surface area contributed by atoms with Crippen molar-refractivity contribution in [2.45, 2.75) is 0 Å². The molecule has 4 nitrogen and oxygen atoms in total. The van der Waals surface area contributed by atoms with Crippen LogP contribution in [-0.4, -0.2) is 21.7 Å². The number of para-hydroxylation sites is 3. The molecule has 0 bridgehead atoms. The molecule has 0 aliphatic heterocycles. The number of aromatic nitrogens is 1. The van der Waals surface area contributed by atoms with E-state index >= 15 is 0 Å². The first-order valence-corrected chi connectivity index (χ1v) is 8.96. The molecule has 6 aromatic rings. The third-order valence-corrected chi connectivity index (χ3v) is 5.06. The smallest absolute Gasteiger partial charge is 0.454 e. The van der Waals surface area contributed by atoms with Gasteiger partial charge in [0.15, 0.2) is 5.58 Å². The molecule has 0 radical (unpaired) electrons. The Bertz CT molecular complexity index is 1910. The van der Waals surface area contributed by atoms with E-state index in [1.807, 2.05) is 24.3 Å². The van der Waals surface area contributed by atoms with Gasteiger partial charge in [-0.2, -0.15) is 0 Å². The Kier molecular flexibility index (Phi) is 2.24. The van der Waals surface area contributed by atoms with Crippen molar-refractivity contribution < 1.29 is 24.1 Å². The van der Waals surface area contributed by atoms with Crippen LogP contribution in [0.4, 0.5) is 0 Å². The molecular formula is C24H16BNO3. The van der Waals surface area contributed by atoms with Crippen LogP contribution < -0.4 is 5.46 Å². The van der Waals surface area contributed by atoms with Gasteiger partial charge in [0.1, 0.15) is 5.58 Å². The zero-order valence-electron chi connectivity index (χ0n) is 21.9. The number of hydrogen-bond acceptors (Lipinski definition) is 3. The first-order valence-electron chi connectivity index (χ1n) is 12.5. The molecule has 5 heteroatoms. The lowest BCUT2D eigenvalue weighted by Gasteiger charge is -2.09. The average Bonchev–Trinajstić information content (AvgIpc) is 3.41. The van der Waals surface area contributed by atoms with Gasteiger partial charge >= 0.3 is 7.12 Å². The molecule has 138 valence electrons. The summed E-state index contributed by atoms with van der Waals surface area (Å²) >= 11 is 0. The first-order chi connectivity index (χ1) is 17.1. The quantitative estimate of drug-likeness (QED) is 0.436. The second-order valence-electron chi connectivity index (χ2n) is 6.70. The summed E-state index contributed by atoms with van der Waals surface area (Å²) in [5, 5.41) is 21.2. The molecule has 0 fully saturated rings. The zero-order valence-corrected chi connectivity index (χ0v) is 14.9. The van der Waals surface area contributed by atoms with Crippen LogP contribution >= 0.6 is 0 Å². The molecule has 0 aliphatic rings. The van der Waals surface area contributed by atoms with E-state index in [-0.39, 0.29) is 21.8 Å². The SMILES string of the molecule is [2H]c1c([2H])c([2H])c2c(c1[2H])c1c([2H])c(B(O)O)c([2H])c([2H])c1n2-c1cccc2c1oc1ccccc12. The van der Waals surface area contributed by atoms with Gasteiger partial charge in [-0.1, -0.05) is 60.5 Å². The van der Waals surface area contributed by atoms with Crippen molar-refractivity contribution in [3.8, 4) is 5.69 Å². The van der Waals surface area contributed by atoms with Crippen molar-refractivity contribution in [2.24, 2.45) is 0 Å². The molecule has 0 amide bonds. The van der Waals surface area contributed by atoms with Crippen molar-refractivity contribution in [3.63, 3.8) is 0 Å². The molecule has 2 heterocycles. The summed E-state index contributed by atoms with van der Waals surface area (Å²) in [6.07, 6.45) is 0. The van der Waals surface area contributed by atoms with Gasteiger partial charge in [0.2, 0.25) is 0 Å². The molecule has 0 unspecified atom stereocenters. The largest absolute Gasteiger partial charge is 0.488 e. The van der Waals surface area contributed by atoms with Crippen molar-refractivity contribution >= 4 is 56.3 Å². The van der Waals surface area contributed by atoms with Crippen molar-refractivity contribution in [1.82, 2.24) is 4.57 Å². The van der Waals surface area contributed by atoms with Gasteiger partial charge in [0.25, 0.3) is 0 Å². The number of fused-ring (bicyclic) bond motifs is 6. The highest BCUT2D eigenvalue weighted by Crippen LogP contribution is 2.37. The standard InChI is InChI=1S/C24H16BNO3/c27-25(28)15-12-13-21-19(14-15)16-6-1-3-9-20(16)26(21)22-10-5-8-18-17-7-2-4-11-23(17)29-24(18)22/h1-14,27-28H/i1D,3D,6D,9D,12D,13D,14D. The molecule has 0 saturated heterocycles. The number of hydrogen-bond donors (Lipinski definition) is 2. The monoisotopic (exact) mass is 384 g/mol. The van der Waals surface area contributed by atoms with Crippen LogP contribution in [0.3, 0.4) is 0 Å². The number of nitrogens with zero attached hydrogens (tertiary/aromatic N) is 1. The van der Waals surface area contributed by atoms with Gasteiger partial charge in [-0.15, -0.1) is 0 Å². The molecule has 4 aromatic carbocycles. The van der Waals surface area contributed by atoms with E-state index in [0.29, 0.717) is 16.9 Å². The molecule has 6 rings (SSSR count). The van der Waals surface area contributed by atoms with Crippen LogP contribution in [0.1, 0.15) is 9.60 Å². The summed E-state index contributed by atoms with van der Waals surface area (Å²) in [4.78, 5) is 0. The van der Waals surface area contributed by atoms with Crippen LogP contribution in [0, 0.1) is 0 Å². The zero-order chi connectivity index (χ0) is 25.6. The third kappa shape index (κ3) is 2.29. The van der Waals surface area contributed by atoms with E-state index in [2.05, 4.69) is 0 Å². The Morgan fingerprint density at radius 3 is 2.48 bits per heavy atom. The molecular weight excluding hydrogens is 361 g/mol. The number of furan rings is 1. The van der Waals surface area contributed by atoms with Gasteiger partial charge in [0, 0.05) is 21.5 Å². The van der Waals surface area contributed by atoms with Crippen molar-refractivity contribution in [3.05, 3.63) is 84.8 Å². The summed E-state index contributed by atoms with van der Waals surface area (Å²) in [7, 11) is -2.22. The fourth-order valence-corrected chi connectivity index (χ4v) is 3.81. The fourth-order valence-electron chi connectivity index (χ4n) is 3.81. The summed E-state index contributed by atoms with van der Waals surface area (Å²) < 4.78 is 67.1. The van der Waals surface area contributed by atoms with Gasteiger partial charge in [-0.3, -0.25) is 0 Å². The summed E-state index contributed by atoms with van der Waals surface area (Å²) in [6.45, 7) is 0. The summed E-state index contributed by atoms with van der Waals surface area (Å²) in [5.41, 5.74) is 0.814. The molecule has 0 aliphatic carbocycles. The Balaban J connectivity index is 1.95. The number of rotatable bonds is 2. The molecule has 2 N–H and O–H groups in total. The highest BCUT2D eigenvalue weighted by molar-refractivity contribution is 6.59. The maximum absolute atomic E-state index is 9.87. The predicted molar refractivity (Wildman–Crippen MR) is 118 cm³/mol. The van der Waals surface area contributed by atoms with Gasteiger partial charge < -0.3 is 19.0 Å². The molecule has 29 heavy (non-hydrogen) atoms. The minimum absolute atomic E-state index is 0.00469. The van der Waals surface area contributed by atoms with Crippen LogP contribution in [0.5, 0.6) is 0 Å². The Labute approximate surface area is 176 Å².